The van der Waals surface area contributed by atoms with Gasteiger partial charge in [-0.3, -0.25) is 4.79 Å². The van der Waals surface area contributed by atoms with Gasteiger partial charge in [-0.2, -0.15) is 0 Å². The Hall–Kier alpha value is -3.20. The molecule has 34 heavy (non-hydrogen) atoms. The Morgan fingerprint density at radius 1 is 1.21 bits per heavy atom. The van der Waals surface area contributed by atoms with Gasteiger partial charge in [0.15, 0.2) is 17.3 Å². The van der Waals surface area contributed by atoms with E-state index in [1.165, 1.54) is 43.2 Å². The molecule has 1 aliphatic heterocycles. The lowest BCUT2D eigenvalue weighted by molar-refractivity contribution is 0.0525. The number of hydrogen-bond acceptors (Lipinski definition) is 7. The number of carbonyl (C=O) groups is 2. The second kappa shape index (κ2) is 11.3. The minimum atomic E-state index is -0.564. The molecule has 0 aromatic heterocycles. The summed E-state index contributed by atoms with van der Waals surface area (Å²) in [4.78, 5) is 25.6. The fraction of sp³-hybridized carbons (Fsp3) is 0.360. The monoisotopic (exact) mass is 489 g/mol. The largest absolute Gasteiger partial charge is 0.494 e. The summed E-state index contributed by atoms with van der Waals surface area (Å²) >= 11 is 1.51. The molecule has 0 saturated carbocycles. The van der Waals surface area contributed by atoms with Crippen LogP contribution in [0.4, 0.5) is 9.18 Å². The zero-order chi connectivity index (χ0) is 24.7. The van der Waals surface area contributed by atoms with Crippen LogP contribution in [0.1, 0.15) is 43.1 Å². The van der Waals surface area contributed by atoms with E-state index in [9.17, 15) is 14.0 Å². The molecule has 2 aromatic carbocycles. The number of carbonyl (C=O) groups excluding carboxylic acids is 2. The first-order chi connectivity index (χ1) is 16.2. The van der Waals surface area contributed by atoms with Crippen molar-refractivity contribution in [1.29, 1.82) is 0 Å². The van der Waals surface area contributed by atoms with Crippen molar-refractivity contribution < 1.29 is 32.9 Å². The Morgan fingerprint density at radius 2 is 2.00 bits per heavy atom. The smallest absolute Gasteiger partial charge is 0.407 e. The van der Waals surface area contributed by atoms with Gasteiger partial charge >= 0.3 is 6.09 Å². The van der Waals surface area contributed by atoms with Gasteiger partial charge in [-0.25, -0.2) is 9.18 Å². The predicted molar refractivity (Wildman–Crippen MR) is 128 cm³/mol. The van der Waals surface area contributed by atoms with E-state index in [1.54, 1.807) is 39.0 Å². The first-order valence-corrected chi connectivity index (χ1v) is 11.7. The zero-order valence-electron chi connectivity index (χ0n) is 19.6. The van der Waals surface area contributed by atoms with Gasteiger partial charge in [0, 0.05) is 6.54 Å². The van der Waals surface area contributed by atoms with E-state index in [2.05, 4.69) is 5.32 Å². The first-order valence-electron chi connectivity index (χ1n) is 10.8. The number of ether oxygens (including phenoxy) is 4. The molecule has 0 unspecified atom stereocenters. The Bertz CT molecular complexity index is 1080. The number of allylic oxidation sites excluding steroid dienone is 1. The SMILES string of the molecule is COc1ccc(/C=C/C(=O)c2cc3c(cc2OCCCNC(=O)OC(C)(C)C)SCO3)cc1F. The van der Waals surface area contributed by atoms with Crippen molar-refractivity contribution in [3.8, 4) is 17.2 Å². The molecule has 0 atom stereocenters. The number of nitrogens with one attached hydrogen (secondary N) is 1. The van der Waals surface area contributed by atoms with Crippen LogP contribution in [0.2, 0.25) is 0 Å². The summed E-state index contributed by atoms with van der Waals surface area (Å²) in [5.74, 6) is 0.826. The number of rotatable bonds is 9. The summed E-state index contributed by atoms with van der Waals surface area (Å²) in [6.45, 7) is 6.04. The number of ketones is 1. The van der Waals surface area contributed by atoms with Crippen molar-refractivity contribution in [2.45, 2.75) is 37.7 Å². The van der Waals surface area contributed by atoms with Gasteiger partial charge in [-0.1, -0.05) is 23.9 Å². The molecule has 7 nitrogen and oxygen atoms in total. The minimum Gasteiger partial charge on any atom is -0.494 e. The molecule has 0 aliphatic carbocycles. The molecule has 1 heterocycles. The first kappa shape index (κ1) is 25.4. The van der Waals surface area contributed by atoms with Crippen molar-refractivity contribution in [3.05, 3.63) is 53.4 Å². The third-order valence-corrected chi connectivity index (χ3v) is 5.46. The topological polar surface area (TPSA) is 83.1 Å². The number of benzene rings is 2. The average molecular weight is 490 g/mol. The summed E-state index contributed by atoms with van der Waals surface area (Å²) in [6.07, 6.45) is 2.92. The zero-order valence-corrected chi connectivity index (χ0v) is 20.4. The van der Waals surface area contributed by atoms with Crippen LogP contribution in [0.5, 0.6) is 17.2 Å². The lowest BCUT2D eigenvalue weighted by atomic mass is 10.1. The lowest BCUT2D eigenvalue weighted by Crippen LogP contribution is -2.33. The van der Waals surface area contributed by atoms with E-state index in [1.807, 2.05) is 0 Å². The fourth-order valence-electron chi connectivity index (χ4n) is 3.04. The maximum absolute atomic E-state index is 13.9. The molecule has 182 valence electrons. The van der Waals surface area contributed by atoms with Crippen molar-refractivity contribution in [1.82, 2.24) is 5.32 Å². The molecule has 0 radical (unpaired) electrons. The van der Waals surface area contributed by atoms with E-state index in [0.29, 0.717) is 41.5 Å². The van der Waals surface area contributed by atoms with E-state index in [4.69, 9.17) is 18.9 Å². The Labute approximate surface area is 202 Å². The van der Waals surface area contributed by atoms with E-state index < -0.39 is 17.5 Å². The Balaban J connectivity index is 1.65. The fourth-order valence-corrected chi connectivity index (χ4v) is 3.81. The van der Waals surface area contributed by atoms with Crippen molar-refractivity contribution in [3.63, 3.8) is 0 Å². The molecule has 1 N–H and O–H groups in total. The maximum atomic E-state index is 13.9. The molecular weight excluding hydrogens is 461 g/mol. The van der Waals surface area contributed by atoms with Crippen LogP contribution in [-0.4, -0.2) is 43.7 Å². The normalized spacial score (nSPS) is 12.7. The molecule has 1 aliphatic rings. The predicted octanol–water partition coefficient (Wildman–Crippen LogP) is 5.47. The van der Waals surface area contributed by atoms with Crippen molar-refractivity contribution in [2.24, 2.45) is 0 Å². The summed E-state index contributed by atoms with van der Waals surface area (Å²) in [5.41, 5.74) is 0.298. The van der Waals surface area contributed by atoms with Gasteiger partial charge in [0.2, 0.25) is 0 Å². The lowest BCUT2D eigenvalue weighted by Gasteiger charge is -2.19. The van der Waals surface area contributed by atoms with Crippen LogP contribution in [0, 0.1) is 5.82 Å². The van der Waals surface area contributed by atoms with Gasteiger partial charge in [0.05, 0.1) is 24.2 Å². The van der Waals surface area contributed by atoms with Gasteiger partial charge < -0.3 is 24.3 Å². The molecule has 9 heteroatoms. The Kier molecular flexibility index (Phi) is 8.44. The number of amides is 1. The van der Waals surface area contributed by atoms with Gasteiger partial charge in [0.25, 0.3) is 0 Å². The molecule has 0 spiro atoms. The summed E-state index contributed by atoms with van der Waals surface area (Å²) in [6, 6.07) is 7.89. The van der Waals surface area contributed by atoms with Gasteiger partial charge in [0.1, 0.15) is 23.0 Å². The van der Waals surface area contributed by atoms with Crippen molar-refractivity contribution in [2.75, 3.05) is 26.2 Å². The van der Waals surface area contributed by atoms with E-state index in [0.717, 1.165) is 4.90 Å². The second-order valence-electron chi connectivity index (χ2n) is 8.42. The summed E-state index contributed by atoms with van der Waals surface area (Å²) in [7, 11) is 1.39. The highest BCUT2D eigenvalue weighted by Crippen LogP contribution is 2.41. The number of methoxy groups -OCH3 is 1. The highest BCUT2D eigenvalue weighted by molar-refractivity contribution is 7.99. The standard InChI is InChI=1S/C25H28FNO6S/c1-25(2,3)33-24(29)27-10-5-11-31-21-14-23-22(32-15-34-23)13-17(21)19(28)8-6-16-7-9-20(30-4)18(26)12-16/h6-9,12-14H,5,10-11,15H2,1-4H3,(H,27,29)/b8-6+. The van der Waals surface area contributed by atoms with E-state index >= 15 is 0 Å². The number of fused-ring (bicyclic) bond motifs is 1. The summed E-state index contributed by atoms with van der Waals surface area (Å²) in [5, 5.41) is 2.67. The number of thioether (sulfide) groups is 1. The third kappa shape index (κ3) is 7.15. The molecule has 2 aromatic rings. The summed E-state index contributed by atoms with van der Waals surface area (Å²) < 4.78 is 35.5. The van der Waals surface area contributed by atoms with Crippen LogP contribution >= 0.6 is 11.8 Å². The number of halogens is 1. The van der Waals surface area contributed by atoms with Crippen LogP contribution in [0.3, 0.4) is 0 Å². The second-order valence-corrected chi connectivity index (χ2v) is 9.39. The molecule has 1 amide bonds. The van der Waals surface area contributed by atoms with Crippen LogP contribution in [-0.2, 0) is 4.74 Å². The number of hydrogen-bond donors (Lipinski definition) is 1. The third-order valence-electron chi connectivity index (χ3n) is 4.59. The minimum absolute atomic E-state index is 0.133. The molecule has 0 fully saturated rings. The van der Waals surface area contributed by atoms with Crippen LogP contribution < -0.4 is 19.5 Å². The molecular formula is C25H28FNO6S. The molecule has 0 bridgehead atoms. The Morgan fingerprint density at radius 3 is 2.71 bits per heavy atom. The van der Waals surface area contributed by atoms with Crippen LogP contribution in [0.15, 0.2) is 41.3 Å². The van der Waals surface area contributed by atoms with Gasteiger partial charge in [-0.05, 0) is 63.1 Å². The molecule has 3 rings (SSSR count). The maximum Gasteiger partial charge on any atom is 0.407 e. The van der Waals surface area contributed by atoms with Crippen LogP contribution in [0.25, 0.3) is 6.08 Å². The van der Waals surface area contributed by atoms with Gasteiger partial charge in [-0.15, -0.1) is 0 Å². The quantitative estimate of drug-likeness (QED) is 0.284. The highest BCUT2D eigenvalue weighted by Gasteiger charge is 2.21. The highest BCUT2D eigenvalue weighted by atomic mass is 32.2. The average Bonchev–Trinajstić information content (AvgIpc) is 3.23. The molecule has 0 saturated heterocycles. The van der Waals surface area contributed by atoms with E-state index in [-0.39, 0.29) is 18.1 Å². The number of alkyl carbamates (subject to hydrolysis) is 1. The van der Waals surface area contributed by atoms with Crippen molar-refractivity contribution >= 4 is 29.7 Å².